The van der Waals surface area contributed by atoms with Crippen molar-refractivity contribution in [2.45, 2.75) is 18.3 Å². The Morgan fingerprint density at radius 3 is 2.72 bits per heavy atom. The summed E-state index contributed by atoms with van der Waals surface area (Å²) < 4.78 is 1.54. The van der Waals surface area contributed by atoms with E-state index in [0.717, 1.165) is 5.56 Å². The molecule has 1 aliphatic rings. The summed E-state index contributed by atoms with van der Waals surface area (Å²) in [5.74, 6) is 0.756. The molecule has 2 aromatic heterocycles. The molecule has 6 heteroatoms. The Morgan fingerprint density at radius 2 is 2.22 bits per heavy atom. The van der Waals surface area contributed by atoms with Crippen LogP contribution in [0.1, 0.15) is 18.4 Å². The molecule has 0 unspecified atom stereocenters. The summed E-state index contributed by atoms with van der Waals surface area (Å²) in [5.41, 5.74) is 0.110. The summed E-state index contributed by atoms with van der Waals surface area (Å²) in [5, 5.41) is 13.2. The molecular formula is C12H9N5O. The smallest absolute Gasteiger partial charge is 0.155 e. The normalized spacial score (nSPS) is 16.9. The second kappa shape index (κ2) is 3.74. The van der Waals surface area contributed by atoms with E-state index in [0.29, 0.717) is 5.82 Å². The Kier molecular flexibility index (Phi) is 2.20. The molecule has 1 saturated carbocycles. The van der Waals surface area contributed by atoms with Gasteiger partial charge in [-0.25, -0.2) is 14.6 Å². The van der Waals surface area contributed by atoms with E-state index in [-0.39, 0.29) is 18.6 Å². The number of carbonyl (C=O) groups excluding carboxylic acids is 1. The Bertz CT molecular complexity index is 615. The third kappa shape index (κ3) is 1.49. The van der Waals surface area contributed by atoms with Gasteiger partial charge in [0, 0.05) is 19.0 Å². The fourth-order valence-corrected chi connectivity index (χ4v) is 2.10. The zero-order valence-corrected chi connectivity index (χ0v) is 9.45. The second-order valence-electron chi connectivity index (χ2n) is 4.33. The molecule has 6 nitrogen and oxygen atoms in total. The summed E-state index contributed by atoms with van der Waals surface area (Å²) in [4.78, 5) is 19.2. The number of aromatic nitrogens is 4. The van der Waals surface area contributed by atoms with Crippen molar-refractivity contribution in [2.75, 3.05) is 0 Å². The van der Waals surface area contributed by atoms with Crippen LogP contribution in [0.2, 0.25) is 0 Å². The second-order valence-corrected chi connectivity index (χ2v) is 4.33. The van der Waals surface area contributed by atoms with Crippen LogP contribution in [0.25, 0.3) is 5.82 Å². The van der Waals surface area contributed by atoms with Crippen molar-refractivity contribution < 1.29 is 4.79 Å². The summed E-state index contributed by atoms with van der Waals surface area (Å²) >= 11 is 0. The number of nitrogens with zero attached hydrogens (tertiary/aromatic N) is 5. The number of hydrogen-bond acceptors (Lipinski definition) is 5. The molecule has 1 fully saturated rings. The van der Waals surface area contributed by atoms with Crippen molar-refractivity contribution in [3.05, 3.63) is 36.5 Å². The molecule has 0 N–H and O–H groups in total. The molecule has 88 valence electrons. The van der Waals surface area contributed by atoms with Crippen molar-refractivity contribution in [3.8, 4) is 11.9 Å². The van der Waals surface area contributed by atoms with Gasteiger partial charge in [-0.15, -0.1) is 0 Å². The van der Waals surface area contributed by atoms with Crippen LogP contribution in [0.5, 0.6) is 0 Å². The van der Waals surface area contributed by atoms with E-state index in [1.54, 1.807) is 18.6 Å². The average molecular weight is 239 g/mol. The van der Waals surface area contributed by atoms with E-state index in [2.05, 4.69) is 21.1 Å². The van der Waals surface area contributed by atoms with E-state index < -0.39 is 5.41 Å². The van der Waals surface area contributed by atoms with Crippen molar-refractivity contribution in [2.24, 2.45) is 0 Å². The lowest BCUT2D eigenvalue weighted by atomic mass is 9.65. The maximum Gasteiger partial charge on any atom is 0.155 e. The predicted octanol–water partition coefficient (Wildman–Crippen LogP) is 0.787. The Balaban J connectivity index is 1.92. The number of carbonyl (C=O) groups is 1. The van der Waals surface area contributed by atoms with Gasteiger partial charge in [0.05, 0.1) is 11.5 Å². The van der Waals surface area contributed by atoms with Crippen molar-refractivity contribution in [3.63, 3.8) is 0 Å². The Morgan fingerprint density at radius 1 is 1.39 bits per heavy atom. The lowest BCUT2D eigenvalue weighted by molar-refractivity contribution is -0.126. The molecule has 0 radical (unpaired) electrons. The first-order chi connectivity index (χ1) is 8.73. The van der Waals surface area contributed by atoms with E-state index in [1.807, 2.05) is 6.07 Å². The molecule has 0 bridgehead atoms. The fraction of sp³-hybridized carbons (Fsp3) is 0.250. The quantitative estimate of drug-likeness (QED) is 0.773. The van der Waals surface area contributed by atoms with Crippen LogP contribution in [0, 0.1) is 11.3 Å². The minimum atomic E-state index is -0.676. The van der Waals surface area contributed by atoms with E-state index in [1.165, 1.54) is 11.0 Å². The number of nitriles is 1. The van der Waals surface area contributed by atoms with Gasteiger partial charge in [-0.3, -0.25) is 4.79 Å². The third-order valence-electron chi connectivity index (χ3n) is 3.17. The summed E-state index contributed by atoms with van der Waals surface area (Å²) in [6.07, 6.45) is 5.18. The van der Waals surface area contributed by atoms with Crippen molar-refractivity contribution in [1.29, 1.82) is 5.26 Å². The van der Waals surface area contributed by atoms with Gasteiger partial charge in [0.1, 0.15) is 18.4 Å². The molecule has 3 rings (SSSR count). The molecule has 0 atom stereocenters. The fourth-order valence-electron chi connectivity index (χ4n) is 2.10. The SMILES string of the molecule is N#CC1(c2ccc(-n3cncn3)nc2)CC(=O)C1. The molecule has 0 saturated heterocycles. The largest absolute Gasteiger partial charge is 0.300 e. The van der Waals surface area contributed by atoms with Gasteiger partial charge >= 0.3 is 0 Å². The highest BCUT2D eigenvalue weighted by Gasteiger charge is 2.45. The van der Waals surface area contributed by atoms with Gasteiger partial charge in [0.15, 0.2) is 5.82 Å². The lowest BCUT2D eigenvalue weighted by Crippen LogP contribution is -2.40. The molecule has 0 spiro atoms. The minimum Gasteiger partial charge on any atom is -0.300 e. The highest BCUT2D eigenvalue weighted by Crippen LogP contribution is 2.40. The standard InChI is InChI=1S/C12H9N5O/c13-6-12(3-10(18)4-12)9-1-2-11(15-5-9)17-8-14-7-16-17/h1-2,5,7-8H,3-4H2. The minimum absolute atomic E-state index is 0.122. The maximum absolute atomic E-state index is 11.1. The van der Waals surface area contributed by atoms with Gasteiger partial charge in [-0.05, 0) is 11.6 Å². The Labute approximate surface area is 103 Å². The first-order valence-electron chi connectivity index (χ1n) is 5.48. The molecule has 0 aromatic carbocycles. The predicted molar refractivity (Wildman–Crippen MR) is 60.7 cm³/mol. The Hall–Kier alpha value is -2.55. The number of ketones is 1. The first-order valence-corrected chi connectivity index (χ1v) is 5.48. The molecule has 2 aromatic rings. The van der Waals surface area contributed by atoms with Gasteiger partial charge in [-0.2, -0.15) is 10.4 Å². The van der Waals surface area contributed by atoms with E-state index >= 15 is 0 Å². The molecule has 2 heterocycles. The molecule has 0 aliphatic heterocycles. The van der Waals surface area contributed by atoms with Crippen LogP contribution in [-0.2, 0) is 10.2 Å². The topological polar surface area (TPSA) is 84.5 Å². The number of rotatable bonds is 2. The average Bonchev–Trinajstić information content (AvgIpc) is 2.89. The van der Waals surface area contributed by atoms with E-state index in [4.69, 9.17) is 0 Å². The highest BCUT2D eigenvalue weighted by molar-refractivity contribution is 5.90. The summed E-state index contributed by atoms with van der Waals surface area (Å²) in [6.45, 7) is 0. The number of pyridine rings is 1. The number of Topliss-reactive ketones (excluding diaryl/α,β-unsaturated/α-hetero) is 1. The van der Waals surface area contributed by atoms with Crippen molar-refractivity contribution >= 4 is 5.78 Å². The highest BCUT2D eigenvalue weighted by atomic mass is 16.1. The van der Waals surface area contributed by atoms with Crippen molar-refractivity contribution in [1.82, 2.24) is 19.7 Å². The summed E-state index contributed by atoms with van der Waals surface area (Å²) in [7, 11) is 0. The van der Waals surface area contributed by atoms with Crippen LogP contribution in [0.4, 0.5) is 0 Å². The van der Waals surface area contributed by atoms with E-state index in [9.17, 15) is 10.1 Å². The first kappa shape index (κ1) is 10.6. The van der Waals surface area contributed by atoms with Gasteiger partial charge in [0.2, 0.25) is 0 Å². The maximum atomic E-state index is 11.1. The lowest BCUT2D eigenvalue weighted by Gasteiger charge is -2.33. The zero-order chi connectivity index (χ0) is 12.6. The summed E-state index contributed by atoms with van der Waals surface area (Å²) in [6, 6.07) is 5.81. The monoisotopic (exact) mass is 239 g/mol. The van der Waals surface area contributed by atoms with Crippen LogP contribution in [-0.4, -0.2) is 25.5 Å². The number of hydrogen-bond donors (Lipinski definition) is 0. The zero-order valence-electron chi connectivity index (χ0n) is 9.45. The molecular weight excluding hydrogens is 230 g/mol. The molecule has 18 heavy (non-hydrogen) atoms. The molecule has 1 aliphatic carbocycles. The van der Waals surface area contributed by atoms with Crippen LogP contribution in [0.15, 0.2) is 31.0 Å². The van der Waals surface area contributed by atoms with Gasteiger partial charge in [-0.1, -0.05) is 6.07 Å². The van der Waals surface area contributed by atoms with Crippen LogP contribution >= 0.6 is 0 Å². The van der Waals surface area contributed by atoms with Crippen LogP contribution < -0.4 is 0 Å². The third-order valence-corrected chi connectivity index (χ3v) is 3.17. The van der Waals surface area contributed by atoms with Crippen LogP contribution in [0.3, 0.4) is 0 Å². The molecule has 0 amide bonds. The van der Waals surface area contributed by atoms with Gasteiger partial charge < -0.3 is 0 Å². The van der Waals surface area contributed by atoms with Gasteiger partial charge in [0.25, 0.3) is 0 Å².